The van der Waals surface area contributed by atoms with Crippen molar-refractivity contribution in [2.75, 3.05) is 13.2 Å². The van der Waals surface area contributed by atoms with E-state index in [0.29, 0.717) is 35.4 Å². The van der Waals surface area contributed by atoms with E-state index in [-0.39, 0.29) is 18.6 Å². The highest BCUT2D eigenvalue weighted by Crippen LogP contribution is 2.59. The van der Waals surface area contributed by atoms with Crippen LogP contribution in [0.25, 0.3) is 0 Å². The Labute approximate surface area is 182 Å². The van der Waals surface area contributed by atoms with E-state index in [1.807, 2.05) is 12.1 Å². The monoisotopic (exact) mass is 432 g/mol. The van der Waals surface area contributed by atoms with Gasteiger partial charge in [-0.1, -0.05) is 13.0 Å². The molecule has 0 unspecified atom stereocenters. The Bertz CT molecular complexity index is 894. The van der Waals surface area contributed by atoms with Gasteiger partial charge in [0.05, 0.1) is 6.61 Å². The van der Waals surface area contributed by atoms with Crippen molar-refractivity contribution in [3.63, 3.8) is 0 Å². The Balaban J connectivity index is 1.40. The number of esters is 1. The van der Waals surface area contributed by atoms with E-state index in [9.17, 15) is 18.4 Å². The number of fused-ring (bicyclic) bond motifs is 5. The first-order valence-electron chi connectivity index (χ1n) is 11.3. The number of Topliss-reactive ketones (excluding diaryl/α,β-unsaturated/α-hetero) is 1. The first-order chi connectivity index (χ1) is 14.8. The number of ketones is 1. The third-order valence-electron chi connectivity index (χ3n) is 7.63. The molecule has 168 valence electrons. The molecule has 0 aliphatic heterocycles. The van der Waals surface area contributed by atoms with Crippen molar-refractivity contribution in [2.24, 2.45) is 17.3 Å². The predicted molar refractivity (Wildman–Crippen MR) is 112 cm³/mol. The summed E-state index contributed by atoms with van der Waals surface area (Å²) in [7, 11) is 0. The van der Waals surface area contributed by atoms with Crippen molar-refractivity contribution in [2.45, 2.75) is 64.2 Å². The van der Waals surface area contributed by atoms with Gasteiger partial charge in [0.2, 0.25) is 0 Å². The van der Waals surface area contributed by atoms with Crippen molar-refractivity contribution < 1.29 is 27.8 Å². The molecule has 6 heteroatoms. The standard InChI is InChI=1S/C25H30F2O4/c1-3-30-23(29)25(26,27)12-4-14-31-17-6-8-18-16(15-17)5-7-20-19(18)11-13-24(2)21(20)9-10-22(24)28/h4,6,8,12,15,19-21H,3,5,7,9-11,13-14H2,1-2H3/b12-4+/t19-,20-,21+,24+/m0/s1. The molecule has 0 spiro atoms. The topological polar surface area (TPSA) is 52.6 Å². The molecule has 0 amide bonds. The van der Waals surface area contributed by atoms with E-state index < -0.39 is 11.9 Å². The first kappa shape index (κ1) is 22.0. The molecule has 0 saturated heterocycles. The molecule has 0 aromatic heterocycles. The minimum absolute atomic E-state index is 0.0532. The summed E-state index contributed by atoms with van der Waals surface area (Å²) in [5.41, 5.74) is 2.49. The van der Waals surface area contributed by atoms with Crippen LogP contribution in [-0.4, -0.2) is 30.9 Å². The van der Waals surface area contributed by atoms with Crippen molar-refractivity contribution >= 4 is 11.8 Å². The van der Waals surface area contributed by atoms with Crippen LogP contribution in [0, 0.1) is 17.3 Å². The van der Waals surface area contributed by atoms with Crippen LogP contribution in [0.4, 0.5) is 8.78 Å². The predicted octanol–water partition coefficient (Wildman–Crippen LogP) is 5.25. The highest BCUT2D eigenvalue weighted by Gasteiger charge is 2.54. The van der Waals surface area contributed by atoms with Crippen LogP contribution in [0.2, 0.25) is 0 Å². The quantitative estimate of drug-likeness (QED) is 0.455. The fourth-order valence-corrected chi connectivity index (χ4v) is 6.06. The summed E-state index contributed by atoms with van der Waals surface area (Å²) in [5, 5.41) is 0. The fourth-order valence-electron chi connectivity index (χ4n) is 6.06. The summed E-state index contributed by atoms with van der Waals surface area (Å²) in [5.74, 6) is -2.56. The van der Waals surface area contributed by atoms with Gasteiger partial charge in [-0.3, -0.25) is 4.79 Å². The van der Waals surface area contributed by atoms with Gasteiger partial charge in [0, 0.05) is 11.8 Å². The zero-order chi connectivity index (χ0) is 22.2. The van der Waals surface area contributed by atoms with Crippen LogP contribution in [0.3, 0.4) is 0 Å². The Kier molecular flexibility index (Phi) is 5.93. The smallest absolute Gasteiger partial charge is 0.381 e. The summed E-state index contributed by atoms with van der Waals surface area (Å²) in [6.07, 6.45) is 7.46. The molecule has 4 nitrogen and oxygen atoms in total. The number of aryl methyl sites for hydroxylation is 1. The molecular weight excluding hydrogens is 402 g/mol. The maximum absolute atomic E-state index is 13.6. The maximum atomic E-state index is 13.6. The lowest BCUT2D eigenvalue weighted by Gasteiger charge is -2.48. The molecule has 0 bridgehead atoms. The van der Waals surface area contributed by atoms with Gasteiger partial charge in [-0.2, -0.15) is 8.78 Å². The second kappa shape index (κ2) is 8.36. The van der Waals surface area contributed by atoms with Gasteiger partial charge < -0.3 is 9.47 Å². The first-order valence-corrected chi connectivity index (χ1v) is 11.3. The van der Waals surface area contributed by atoms with Crippen molar-refractivity contribution in [3.8, 4) is 5.75 Å². The Hall–Kier alpha value is -2.24. The van der Waals surface area contributed by atoms with Gasteiger partial charge in [0.15, 0.2) is 0 Å². The molecule has 0 radical (unpaired) electrons. The van der Waals surface area contributed by atoms with E-state index in [0.717, 1.165) is 44.6 Å². The lowest BCUT2D eigenvalue weighted by molar-refractivity contribution is -0.164. The summed E-state index contributed by atoms with van der Waals surface area (Å²) < 4.78 is 37.2. The molecule has 0 N–H and O–H groups in total. The minimum Gasteiger partial charge on any atom is -0.490 e. The zero-order valence-corrected chi connectivity index (χ0v) is 18.2. The fraction of sp³-hybridized carbons (Fsp3) is 0.600. The number of carbonyl (C=O) groups is 2. The summed E-state index contributed by atoms with van der Waals surface area (Å²) in [4.78, 5) is 23.7. The number of rotatable bonds is 6. The zero-order valence-electron chi connectivity index (χ0n) is 18.2. The molecule has 1 aromatic carbocycles. The largest absolute Gasteiger partial charge is 0.490 e. The highest BCUT2D eigenvalue weighted by atomic mass is 19.3. The lowest BCUT2D eigenvalue weighted by Crippen LogP contribution is -2.42. The number of benzene rings is 1. The van der Waals surface area contributed by atoms with Crippen LogP contribution < -0.4 is 4.74 Å². The molecule has 2 saturated carbocycles. The lowest BCUT2D eigenvalue weighted by atomic mass is 9.55. The maximum Gasteiger partial charge on any atom is 0.381 e. The number of hydrogen-bond acceptors (Lipinski definition) is 4. The van der Waals surface area contributed by atoms with Gasteiger partial charge in [0.1, 0.15) is 18.1 Å². The average molecular weight is 433 g/mol. The van der Waals surface area contributed by atoms with Gasteiger partial charge in [0.25, 0.3) is 0 Å². The molecular formula is C25H30F2O4. The molecule has 31 heavy (non-hydrogen) atoms. The number of hydrogen-bond donors (Lipinski definition) is 0. The molecule has 0 heterocycles. The van der Waals surface area contributed by atoms with E-state index in [4.69, 9.17) is 4.74 Å². The average Bonchev–Trinajstić information content (AvgIpc) is 3.05. The minimum atomic E-state index is -3.65. The van der Waals surface area contributed by atoms with E-state index in [1.54, 1.807) is 0 Å². The van der Waals surface area contributed by atoms with Gasteiger partial charge in [-0.15, -0.1) is 0 Å². The van der Waals surface area contributed by atoms with Crippen LogP contribution in [0.15, 0.2) is 30.4 Å². The van der Waals surface area contributed by atoms with Crippen LogP contribution in [0.1, 0.15) is 63.0 Å². The number of halogens is 2. The summed E-state index contributed by atoms with van der Waals surface area (Å²) >= 11 is 0. The number of alkyl halides is 2. The van der Waals surface area contributed by atoms with Crippen molar-refractivity contribution in [1.82, 2.24) is 0 Å². The molecule has 4 atom stereocenters. The van der Waals surface area contributed by atoms with Gasteiger partial charge in [-0.25, -0.2) is 4.79 Å². The molecule has 3 aliphatic carbocycles. The molecule has 2 fully saturated rings. The normalized spacial score (nSPS) is 29.9. The van der Waals surface area contributed by atoms with Crippen molar-refractivity contribution in [1.29, 1.82) is 0 Å². The SMILES string of the molecule is CCOC(=O)C(F)(F)/C=C/COc1ccc2c(c1)CC[C@@H]1[C@H]3CCC(=O)[C@]3(C)CC[C@@H]21. The van der Waals surface area contributed by atoms with E-state index in [2.05, 4.69) is 17.7 Å². The number of ether oxygens (including phenoxy) is 2. The molecule has 3 aliphatic rings. The third-order valence-corrected chi connectivity index (χ3v) is 7.63. The third kappa shape index (κ3) is 4.01. The Morgan fingerprint density at radius 1 is 1.26 bits per heavy atom. The molecule has 4 rings (SSSR count). The highest BCUT2D eigenvalue weighted by molar-refractivity contribution is 5.87. The second-order valence-corrected chi connectivity index (χ2v) is 9.25. The summed E-state index contributed by atoms with van der Waals surface area (Å²) in [6.45, 7) is 3.52. The molecule has 1 aromatic rings. The van der Waals surface area contributed by atoms with Gasteiger partial charge in [-0.05, 0) is 92.2 Å². The van der Waals surface area contributed by atoms with Crippen LogP contribution >= 0.6 is 0 Å². The Morgan fingerprint density at radius 3 is 2.84 bits per heavy atom. The van der Waals surface area contributed by atoms with E-state index in [1.165, 1.54) is 18.1 Å². The van der Waals surface area contributed by atoms with Crippen molar-refractivity contribution in [3.05, 3.63) is 41.5 Å². The van der Waals surface area contributed by atoms with Crippen LogP contribution in [-0.2, 0) is 20.7 Å². The van der Waals surface area contributed by atoms with Gasteiger partial charge >= 0.3 is 11.9 Å². The summed E-state index contributed by atoms with van der Waals surface area (Å²) in [6, 6.07) is 6.01. The van der Waals surface area contributed by atoms with E-state index >= 15 is 0 Å². The Morgan fingerprint density at radius 2 is 2.06 bits per heavy atom. The van der Waals surface area contributed by atoms with Crippen LogP contribution in [0.5, 0.6) is 5.75 Å². The number of carbonyl (C=O) groups excluding carboxylic acids is 2. The second-order valence-electron chi connectivity index (χ2n) is 9.25.